The molecular formula is C20H17FN4O5. The van der Waals surface area contributed by atoms with E-state index in [4.69, 9.17) is 9.47 Å². The molecule has 2 aliphatic heterocycles. The summed E-state index contributed by atoms with van der Waals surface area (Å²) in [6.07, 6.45) is 0.247. The topological polar surface area (TPSA) is 106 Å². The summed E-state index contributed by atoms with van der Waals surface area (Å²) in [7, 11) is 0. The van der Waals surface area contributed by atoms with E-state index in [1.807, 2.05) is 0 Å². The summed E-state index contributed by atoms with van der Waals surface area (Å²) < 4.78 is 27.8. The maximum Gasteiger partial charge on any atom is 0.413 e. The van der Waals surface area contributed by atoms with Gasteiger partial charge in [-0.1, -0.05) is 6.92 Å². The lowest BCUT2D eigenvalue weighted by Gasteiger charge is -2.23. The molecule has 0 saturated heterocycles. The van der Waals surface area contributed by atoms with E-state index in [1.165, 1.54) is 22.9 Å². The van der Waals surface area contributed by atoms with Gasteiger partial charge in [-0.15, -0.1) is 10.2 Å². The van der Waals surface area contributed by atoms with E-state index in [0.29, 0.717) is 17.9 Å². The molecule has 2 aliphatic rings. The second-order valence-electron chi connectivity index (χ2n) is 7.17. The van der Waals surface area contributed by atoms with Crippen molar-refractivity contribution >= 4 is 23.3 Å². The fourth-order valence-electron chi connectivity index (χ4n) is 4.05. The minimum atomic E-state index is -1.31. The summed E-state index contributed by atoms with van der Waals surface area (Å²) in [6, 6.07) is 4.30. The average Bonchev–Trinajstić information content (AvgIpc) is 3.38. The zero-order valence-electron chi connectivity index (χ0n) is 16.0. The third kappa shape index (κ3) is 2.60. The number of anilines is 1. The minimum absolute atomic E-state index is 0.119. The Morgan fingerprint density at radius 1 is 1.27 bits per heavy atom. The van der Waals surface area contributed by atoms with E-state index in [0.717, 1.165) is 4.90 Å². The number of rotatable bonds is 2. The van der Waals surface area contributed by atoms with Gasteiger partial charge < -0.3 is 14.6 Å². The van der Waals surface area contributed by atoms with E-state index < -0.39 is 11.9 Å². The quantitative estimate of drug-likeness (QED) is 0.645. The van der Waals surface area contributed by atoms with Gasteiger partial charge in [0.15, 0.2) is 23.0 Å². The van der Waals surface area contributed by atoms with Gasteiger partial charge in [0.25, 0.3) is 0 Å². The first kappa shape index (κ1) is 18.3. The Labute approximate surface area is 169 Å². The van der Waals surface area contributed by atoms with Crippen LogP contribution in [0.15, 0.2) is 24.5 Å². The summed E-state index contributed by atoms with van der Waals surface area (Å²) in [6.45, 7) is 1.90. The summed E-state index contributed by atoms with van der Waals surface area (Å²) in [5.41, 5.74) is 1.35. The van der Waals surface area contributed by atoms with Gasteiger partial charge >= 0.3 is 6.09 Å². The number of ketones is 1. The Bertz CT molecular complexity index is 1210. The van der Waals surface area contributed by atoms with Crippen LogP contribution in [0.1, 0.15) is 40.7 Å². The lowest BCUT2D eigenvalue weighted by Crippen LogP contribution is -2.31. The first-order valence-electron chi connectivity index (χ1n) is 9.46. The molecule has 10 heteroatoms. The van der Waals surface area contributed by atoms with Crippen LogP contribution in [-0.2, 0) is 6.54 Å². The molecule has 0 bridgehead atoms. The fraction of sp³-hybridized carbons (Fsp3) is 0.300. The molecule has 1 N–H and O–H groups in total. The molecule has 154 valence electrons. The number of carbonyl (C=O) groups is 2. The van der Waals surface area contributed by atoms with Crippen molar-refractivity contribution in [1.82, 2.24) is 14.6 Å². The highest BCUT2D eigenvalue weighted by atomic mass is 19.1. The van der Waals surface area contributed by atoms with Gasteiger partial charge in [0.05, 0.1) is 31.2 Å². The smallest absolute Gasteiger partial charge is 0.413 e. The molecule has 1 atom stereocenters. The van der Waals surface area contributed by atoms with Crippen molar-refractivity contribution in [1.29, 1.82) is 0 Å². The van der Waals surface area contributed by atoms with Crippen LogP contribution < -0.4 is 14.4 Å². The highest BCUT2D eigenvalue weighted by molar-refractivity contribution is 6.03. The number of carbonyl (C=O) groups excluding carboxylic acids is 1. The molecule has 1 amide bonds. The van der Waals surface area contributed by atoms with Crippen molar-refractivity contribution in [2.24, 2.45) is 0 Å². The van der Waals surface area contributed by atoms with Crippen molar-refractivity contribution < 1.29 is 28.6 Å². The van der Waals surface area contributed by atoms with E-state index in [1.54, 1.807) is 13.0 Å². The van der Waals surface area contributed by atoms with Crippen LogP contribution in [0.3, 0.4) is 0 Å². The lowest BCUT2D eigenvalue weighted by molar-refractivity contribution is 0.0988. The number of halogens is 1. The summed E-state index contributed by atoms with van der Waals surface area (Å²) in [5.74, 6) is -0.142. The van der Waals surface area contributed by atoms with Crippen LogP contribution >= 0.6 is 0 Å². The van der Waals surface area contributed by atoms with Gasteiger partial charge in [-0.05, 0) is 18.2 Å². The fourth-order valence-corrected chi connectivity index (χ4v) is 4.05. The number of ether oxygens (including phenoxy) is 2. The van der Waals surface area contributed by atoms with Crippen molar-refractivity contribution in [3.63, 3.8) is 0 Å². The number of fused-ring (bicyclic) bond motifs is 3. The van der Waals surface area contributed by atoms with Gasteiger partial charge in [0, 0.05) is 17.5 Å². The summed E-state index contributed by atoms with van der Waals surface area (Å²) in [4.78, 5) is 25.7. The number of aromatic nitrogens is 3. The number of amides is 1. The van der Waals surface area contributed by atoms with E-state index in [9.17, 15) is 19.1 Å². The lowest BCUT2D eigenvalue weighted by atomic mass is 9.95. The van der Waals surface area contributed by atoms with Crippen molar-refractivity contribution in [2.75, 3.05) is 18.1 Å². The SMILES string of the molecule is CCC(=O)c1cc2c(n3cnnc13)N(C(=O)O)Cc1c(F)ccc3c1[C@@H](CO3)CO2. The predicted octanol–water partition coefficient (Wildman–Crippen LogP) is 3.01. The Balaban J connectivity index is 1.78. The highest BCUT2D eigenvalue weighted by Gasteiger charge is 2.35. The van der Waals surface area contributed by atoms with Crippen molar-refractivity contribution in [3.8, 4) is 11.5 Å². The first-order chi connectivity index (χ1) is 14.5. The maximum absolute atomic E-state index is 14.8. The Morgan fingerprint density at radius 3 is 2.77 bits per heavy atom. The second-order valence-corrected chi connectivity index (χ2v) is 7.17. The Morgan fingerprint density at radius 2 is 2.03 bits per heavy atom. The number of hydrogen-bond acceptors (Lipinski definition) is 6. The second kappa shape index (κ2) is 6.68. The molecule has 1 aromatic carbocycles. The van der Waals surface area contributed by atoms with Crippen LogP contribution in [0.2, 0.25) is 0 Å². The Kier molecular flexibility index (Phi) is 4.09. The van der Waals surface area contributed by atoms with Crippen LogP contribution in [0.4, 0.5) is 15.0 Å². The number of hydrogen-bond donors (Lipinski definition) is 1. The van der Waals surface area contributed by atoms with E-state index in [2.05, 4.69) is 10.2 Å². The highest BCUT2D eigenvalue weighted by Crippen LogP contribution is 2.42. The minimum Gasteiger partial charge on any atom is -0.493 e. The van der Waals surface area contributed by atoms with Crippen LogP contribution in [0, 0.1) is 5.82 Å². The number of benzene rings is 1. The molecule has 3 aromatic rings. The number of Topliss-reactive ketones (excluding diaryl/α,β-unsaturated/α-hetero) is 1. The van der Waals surface area contributed by atoms with Gasteiger partial charge in [0.2, 0.25) is 0 Å². The molecule has 0 fully saturated rings. The monoisotopic (exact) mass is 412 g/mol. The number of pyridine rings is 1. The number of nitrogens with zero attached hydrogens (tertiary/aromatic N) is 4. The van der Waals surface area contributed by atoms with Crippen molar-refractivity contribution in [2.45, 2.75) is 25.8 Å². The van der Waals surface area contributed by atoms with E-state index >= 15 is 0 Å². The maximum atomic E-state index is 14.8. The third-order valence-electron chi connectivity index (χ3n) is 5.49. The molecule has 0 radical (unpaired) electrons. The standard InChI is InChI=1S/C20H17FN4O5/c1-2-14(26)11-5-16-19(25-9-22-23-18(11)25)24(20(27)28)6-12-13(21)3-4-15-17(12)10(7-29-15)8-30-16/h3-5,9-10H,2,6-8H2,1H3,(H,27,28)/t10-/m0/s1. The van der Waals surface area contributed by atoms with E-state index in [-0.39, 0.29) is 59.6 Å². The van der Waals surface area contributed by atoms with Gasteiger partial charge in [-0.3, -0.25) is 14.1 Å². The zero-order chi connectivity index (χ0) is 21.0. The molecule has 4 heterocycles. The summed E-state index contributed by atoms with van der Waals surface area (Å²) >= 11 is 0. The first-order valence-corrected chi connectivity index (χ1v) is 9.46. The van der Waals surface area contributed by atoms with Gasteiger partial charge in [-0.2, -0.15) is 0 Å². The average molecular weight is 412 g/mol. The summed E-state index contributed by atoms with van der Waals surface area (Å²) in [5, 5.41) is 17.8. The normalized spacial score (nSPS) is 17.3. The predicted molar refractivity (Wildman–Crippen MR) is 102 cm³/mol. The van der Waals surface area contributed by atoms with Crippen molar-refractivity contribution in [3.05, 3.63) is 47.0 Å². The molecule has 2 aromatic heterocycles. The molecule has 30 heavy (non-hydrogen) atoms. The Hall–Kier alpha value is -3.69. The molecule has 5 rings (SSSR count). The molecular weight excluding hydrogens is 395 g/mol. The number of carboxylic acid groups (broad SMARTS) is 1. The van der Waals surface area contributed by atoms with Crippen LogP contribution in [0.25, 0.3) is 5.65 Å². The molecule has 9 nitrogen and oxygen atoms in total. The van der Waals surface area contributed by atoms with Gasteiger partial charge in [-0.25, -0.2) is 9.18 Å². The molecule has 0 spiro atoms. The largest absolute Gasteiger partial charge is 0.493 e. The third-order valence-corrected chi connectivity index (χ3v) is 5.49. The molecule has 0 aliphatic carbocycles. The van der Waals surface area contributed by atoms with Gasteiger partial charge in [0.1, 0.15) is 17.9 Å². The van der Waals surface area contributed by atoms with Crippen LogP contribution in [-0.4, -0.2) is 44.8 Å². The van der Waals surface area contributed by atoms with Crippen LogP contribution in [0.5, 0.6) is 11.5 Å². The molecule has 0 saturated carbocycles. The molecule has 0 unspecified atom stereocenters. The zero-order valence-corrected chi connectivity index (χ0v) is 16.0.